The summed E-state index contributed by atoms with van der Waals surface area (Å²) in [5, 5.41) is 9.40. The number of imidazole rings is 1. The van der Waals surface area contributed by atoms with E-state index in [1.165, 1.54) is 17.3 Å². The molecular formula is C25H21ClN4O2S. The molecule has 0 fully saturated rings. The zero-order valence-corrected chi connectivity index (χ0v) is 19.5. The SMILES string of the molecule is Cc1cccc(OCc2nnc(SCc3nc4cc(Cl)ccc4n3Cc3ccccc3)o2)c1. The smallest absolute Gasteiger partial charge is 0.277 e. The van der Waals surface area contributed by atoms with Crippen LogP contribution in [0, 0.1) is 6.92 Å². The van der Waals surface area contributed by atoms with Gasteiger partial charge in [0.1, 0.15) is 11.6 Å². The highest BCUT2D eigenvalue weighted by atomic mass is 35.5. The van der Waals surface area contributed by atoms with Gasteiger partial charge in [-0.2, -0.15) is 0 Å². The van der Waals surface area contributed by atoms with Gasteiger partial charge >= 0.3 is 0 Å². The molecule has 0 atom stereocenters. The predicted molar refractivity (Wildman–Crippen MR) is 130 cm³/mol. The zero-order chi connectivity index (χ0) is 22.6. The molecule has 33 heavy (non-hydrogen) atoms. The highest BCUT2D eigenvalue weighted by Gasteiger charge is 2.15. The summed E-state index contributed by atoms with van der Waals surface area (Å²) in [5.74, 6) is 2.70. The van der Waals surface area contributed by atoms with Crippen molar-refractivity contribution in [3.8, 4) is 5.75 Å². The maximum Gasteiger partial charge on any atom is 0.277 e. The summed E-state index contributed by atoms with van der Waals surface area (Å²) in [7, 11) is 0. The summed E-state index contributed by atoms with van der Waals surface area (Å²) in [4.78, 5) is 4.82. The van der Waals surface area contributed by atoms with Gasteiger partial charge in [0, 0.05) is 11.6 Å². The van der Waals surface area contributed by atoms with Crippen LogP contribution in [0.25, 0.3) is 11.0 Å². The van der Waals surface area contributed by atoms with Crippen molar-refractivity contribution in [1.29, 1.82) is 0 Å². The third-order valence-electron chi connectivity index (χ3n) is 5.10. The van der Waals surface area contributed by atoms with Gasteiger partial charge in [-0.05, 0) is 48.4 Å². The van der Waals surface area contributed by atoms with E-state index in [1.54, 1.807) is 0 Å². The molecule has 0 amide bonds. The molecular weight excluding hydrogens is 456 g/mol. The van der Waals surface area contributed by atoms with Crippen molar-refractivity contribution in [2.75, 3.05) is 0 Å². The lowest BCUT2D eigenvalue weighted by Gasteiger charge is -2.09. The second kappa shape index (κ2) is 9.68. The van der Waals surface area contributed by atoms with Gasteiger partial charge < -0.3 is 13.7 Å². The van der Waals surface area contributed by atoms with Gasteiger partial charge in [-0.1, -0.05) is 65.8 Å². The number of rotatable bonds is 8. The fourth-order valence-corrected chi connectivity index (χ4v) is 4.43. The third-order valence-corrected chi connectivity index (χ3v) is 6.15. The van der Waals surface area contributed by atoms with Crippen molar-refractivity contribution in [2.24, 2.45) is 0 Å². The summed E-state index contributed by atoms with van der Waals surface area (Å²) < 4.78 is 13.7. The fourth-order valence-electron chi connectivity index (χ4n) is 3.54. The van der Waals surface area contributed by atoms with Crippen molar-refractivity contribution >= 4 is 34.4 Å². The van der Waals surface area contributed by atoms with Gasteiger partial charge in [0.2, 0.25) is 0 Å². The van der Waals surface area contributed by atoms with E-state index in [9.17, 15) is 0 Å². The quantitative estimate of drug-likeness (QED) is 0.245. The van der Waals surface area contributed by atoms with Gasteiger partial charge in [0.05, 0.1) is 16.8 Å². The van der Waals surface area contributed by atoms with Crippen molar-refractivity contribution in [3.63, 3.8) is 0 Å². The maximum atomic E-state index is 6.20. The van der Waals surface area contributed by atoms with Gasteiger partial charge in [0.25, 0.3) is 11.1 Å². The Hall–Kier alpha value is -3.29. The monoisotopic (exact) mass is 476 g/mol. The first-order valence-electron chi connectivity index (χ1n) is 10.5. The van der Waals surface area contributed by atoms with E-state index in [0.717, 1.165) is 28.2 Å². The van der Waals surface area contributed by atoms with Gasteiger partial charge in [-0.25, -0.2) is 4.98 Å². The van der Waals surface area contributed by atoms with E-state index >= 15 is 0 Å². The van der Waals surface area contributed by atoms with Crippen LogP contribution in [0.4, 0.5) is 0 Å². The largest absolute Gasteiger partial charge is 0.484 e. The average molecular weight is 477 g/mol. The lowest BCUT2D eigenvalue weighted by molar-refractivity contribution is 0.252. The molecule has 0 radical (unpaired) electrons. The summed E-state index contributed by atoms with van der Waals surface area (Å²) in [6.45, 7) is 2.96. The second-order valence-corrected chi connectivity index (χ2v) is 8.95. The minimum Gasteiger partial charge on any atom is -0.484 e. The molecule has 0 N–H and O–H groups in total. The first kappa shape index (κ1) is 21.6. The molecule has 8 heteroatoms. The van der Waals surface area contributed by atoms with Crippen LogP contribution in [0.5, 0.6) is 5.75 Å². The highest BCUT2D eigenvalue weighted by Crippen LogP contribution is 2.27. The van der Waals surface area contributed by atoms with Crippen LogP contribution in [0.1, 0.15) is 22.8 Å². The Morgan fingerprint density at radius 3 is 2.73 bits per heavy atom. The molecule has 0 spiro atoms. The van der Waals surface area contributed by atoms with Gasteiger partial charge in [0.15, 0.2) is 6.61 Å². The van der Waals surface area contributed by atoms with Crippen LogP contribution in [-0.4, -0.2) is 19.7 Å². The third kappa shape index (κ3) is 5.21. The molecule has 0 bridgehead atoms. The fraction of sp³-hybridized carbons (Fsp3) is 0.160. The highest BCUT2D eigenvalue weighted by molar-refractivity contribution is 7.98. The first-order chi connectivity index (χ1) is 16.1. The number of aryl methyl sites for hydroxylation is 1. The maximum absolute atomic E-state index is 6.20. The number of hydrogen-bond donors (Lipinski definition) is 0. The summed E-state index contributed by atoms with van der Waals surface area (Å²) in [6, 6.07) is 23.9. The van der Waals surface area contributed by atoms with Crippen molar-refractivity contribution in [2.45, 2.75) is 31.1 Å². The first-order valence-corrected chi connectivity index (χ1v) is 11.8. The molecule has 0 saturated heterocycles. The standard InChI is InChI=1S/C25H21ClN4O2S/c1-17-6-5-9-20(12-17)31-15-24-28-29-25(32-24)33-16-23-27-21-13-19(26)10-11-22(21)30(23)14-18-7-3-2-4-8-18/h2-13H,14-16H2,1H3. The lowest BCUT2D eigenvalue weighted by atomic mass is 10.2. The lowest BCUT2D eigenvalue weighted by Crippen LogP contribution is -2.04. The van der Waals surface area contributed by atoms with E-state index in [1.807, 2.05) is 67.6 Å². The van der Waals surface area contributed by atoms with E-state index in [4.69, 9.17) is 25.7 Å². The number of thioether (sulfide) groups is 1. The van der Waals surface area contributed by atoms with Crippen LogP contribution in [0.3, 0.4) is 0 Å². The molecule has 0 aliphatic rings. The molecule has 2 heterocycles. The van der Waals surface area contributed by atoms with Crippen LogP contribution in [0.2, 0.25) is 5.02 Å². The number of nitrogens with zero attached hydrogens (tertiary/aromatic N) is 4. The predicted octanol–water partition coefficient (Wildman–Crippen LogP) is 6.30. The Kier molecular flexibility index (Phi) is 6.32. The minimum atomic E-state index is 0.224. The zero-order valence-electron chi connectivity index (χ0n) is 17.9. The van der Waals surface area contributed by atoms with Gasteiger partial charge in [-0.15, -0.1) is 10.2 Å². The number of fused-ring (bicyclic) bond motifs is 1. The van der Waals surface area contributed by atoms with E-state index < -0.39 is 0 Å². The number of hydrogen-bond acceptors (Lipinski definition) is 6. The Morgan fingerprint density at radius 2 is 1.88 bits per heavy atom. The molecule has 0 saturated carbocycles. The Balaban J connectivity index is 1.31. The van der Waals surface area contributed by atoms with E-state index in [-0.39, 0.29) is 6.61 Å². The minimum absolute atomic E-state index is 0.224. The van der Waals surface area contributed by atoms with Crippen LogP contribution < -0.4 is 4.74 Å². The van der Waals surface area contributed by atoms with E-state index in [2.05, 4.69) is 26.9 Å². The summed E-state index contributed by atoms with van der Waals surface area (Å²) >= 11 is 7.65. The number of benzene rings is 3. The van der Waals surface area contributed by atoms with Crippen molar-refractivity contribution < 1.29 is 9.15 Å². The van der Waals surface area contributed by atoms with Crippen LogP contribution in [0.15, 0.2) is 82.4 Å². The summed E-state index contributed by atoms with van der Waals surface area (Å²) in [6.07, 6.45) is 0. The molecule has 0 aliphatic heterocycles. The second-order valence-electron chi connectivity index (χ2n) is 7.59. The molecule has 5 rings (SSSR count). The number of halogens is 1. The topological polar surface area (TPSA) is 66.0 Å². The molecule has 166 valence electrons. The van der Waals surface area contributed by atoms with E-state index in [0.29, 0.717) is 28.4 Å². The molecule has 2 aromatic heterocycles. The molecule has 3 aromatic carbocycles. The Bertz CT molecular complexity index is 1380. The summed E-state index contributed by atoms with van der Waals surface area (Å²) in [5.41, 5.74) is 4.24. The normalized spacial score (nSPS) is 11.2. The van der Waals surface area contributed by atoms with Crippen molar-refractivity contribution in [3.05, 3.63) is 101 Å². The van der Waals surface area contributed by atoms with Crippen LogP contribution >= 0.6 is 23.4 Å². The van der Waals surface area contributed by atoms with Crippen LogP contribution in [-0.2, 0) is 18.9 Å². The average Bonchev–Trinajstić information content (AvgIpc) is 3.41. The Morgan fingerprint density at radius 1 is 1.00 bits per heavy atom. The Labute approximate surface area is 200 Å². The molecule has 5 aromatic rings. The number of ether oxygens (including phenoxy) is 1. The number of aromatic nitrogens is 4. The molecule has 0 unspecified atom stereocenters. The molecule has 6 nitrogen and oxygen atoms in total. The van der Waals surface area contributed by atoms with Gasteiger partial charge in [-0.3, -0.25) is 0 Å². The van der Waals surface area contributed by atoms with Crippen molar-refractivity contribution in [1.82, 2.24) is 19.7 Å². The molecule has 0 aliphatic carbocycles.